The summed E-state index contributed by atoms with van der Waals surface area (Å²) in [6.07, 6.45) is 3.03. The van der Waals surface area contributed by atoms with Gasteiger partial charge in [0.05, 0.1) is 0 Å². The number of hydrogen-bond donors (Lipinski definition) is 1. The Balaban J connectivity index is 2.64. The van der Waals surface area contributed by atoms with E-state index < -0.39 is 0 Å². The van der Waals surface area contributed by atoms with Crippen molar-refractivity contribution >= 4 is 5.82 Å². The summed E-state index contributed by atoms with van der Waals surface area (Å²) < 4.78 is 0. The van der Waals surface area contributed by atoms with Crippen LogP contribution in [0.5, 0.6) is 0 Å². The van der Waals surface area contributed by atoms with Gasteiger partial charge in [-0.1, -0.05) is 26.3 Å². The summed E-state index contributed by atoms with van der Waals surface area (Å²) in [6, 6.07) is 4.53. The molecule has 2 nitrogen and oxygen atoms in total. The first-order valence-corrected chi connectivity index (χ1v) is 5.33. The van der Waals surface area contributed by atoms with Crippen molar-refractivity contribution in [2.24, 2.45) is 5.92 Å². The van der Waals surface area contributed by atoms with E-state index in [1.54, 1.807) is 0 Å². The smallest absolute Gasteiger partial charge is 0.129 e. The molecule has 1 N–H and O–H groups in total. The van der Waals surface area contributed by atoms with Gasteiger partial charge in [-0.2, -0.15) is 0 Å². The topological polar surface area (TPSA) is 24.9 Å². The van der Waals surface area contributed by atoms with Gasteiger partial charge in [0.1, 0.15) is 5.82 Å². The van der Waals surface area contributed by atoms with Crippen LogP contribution in [0.3, 0.4) is 0 Å². The van der Waals surface area contributed by atoms with Gasteiger partial charge in [-0.15, -0.1) is 0 Å². The highest BCUT2D eigenvalue weighted by molar-refractivity contribution is 5.43. The third-order valence-electron chi connectivity index (χ3n) is 2.87. The highest BCUT2D eigenvalue weighted by Crippen LogP contribution is 2.15. The normalized spacial score (nSPS) is 14.9. The monoisotopic (exact) mass is 192 g/mol. The lowest BCUT2D eigenvalue weighted by molar-refractivity contribution is 0.493. The Hall–Kier alpha value is -1.05. The Morgan fingerprint density at radius 2 is 2.14 bits per heavy atom. The van der Waals surface area contributed by atoms with Crippen molar-refractivity contribution in [2.45, 2.75) is 40.2 Å². The van der Waals surface area contributed by atoms with Gasteiger partial charge < -0.3 is 5.32 Å². The van der Waals surface area contributed by atoms with Gasteiger partial charge in [0.15, 0.2) is 0 Å². The Bertz CT molecular complexity index is 283. The molecule has 1 aromatic heterocycles. The van der Waals surface area contributed by atoms with Crippen LogP contribution in [0.25, 0.3) is 0 Å². The number of nitrogens with one attached hydrogen (secondary N) is 1. The summed E-state index contributed by atoms with van der Waals surface area (Å²) >= 11 is 0. The first kappa shape index (κ1) is 11.0. The average molecular weight is 192 g/mol. The van der Waals surface area contributed by atoms with E-state index in [1.165, 1.54) is 12.0 Å². The van der Waals surface area contributed by atoms with Crippen molar-refractivity contribution in [3.8, 4) is 0 Å². The first-order chi connectivity index (χ1) is 6.65. The molecule has 78 valence electrons. The quantitative estimate of drug-likeness (QED) is 0.792. The van der Waals surface area contributed by atoms with E-state index in [-0.39, 0.29) is 0 Å². The zero-order valence-corrected chi connectivity index (χ0v) is 9.54. The van der Waals surface area contributed by atoms with E-state index in [2.05, 4.69) is 44.1 Å². The summed E-state index contributed by atoms with van der Waals surface area (Å²) in [5.74, 6) is 1.69. The third kappa shape index (κ3) is 2.72. The van der Waals surface area contributed by atoms with Crippen LogP contribution in [0, 0.1) is 12.8 Å². The van der Waals surface area contributed by atoms with Gasteiger partial charge in [0.2, 0.25) is 0 Å². The van der Waals surface area contributed by atoms with Crippen LogP contribution in [0.15, 0.2) is 18.3 Å². The molecule has 0 aromatic carbocycles. The molecule has 0 saturated heterocycles. The molecule has 1 rings (SSSR count). The van der Waals surface area contributed by atoms with Gasteiger partial charge in [-0.05, 0) is 31.4 Å². The molecule has 0 bridgehead atoms. The minimum atomic E-state index is 0.480. The van der Waals surface area contributed by atoms with Crippen LogP contribution >= 0.6 is 0 Å². The van der Waals surface area contributed by atoms with E-state index in [0.29, 0.717) is 12.0 Å². The highest BCUT2D eigenvalue weighted by Gasteiger charge is 2.10. The van der Waals surface area contributed by atoms with E-state index >= 15 is 0 Å². The lowest BCUT2D eigenvalue weighted by Crippen LogP contribution is -2.24. The van der Waals surface area contributed by atoms with Gasteiger partial charge in [-0.25, -0.2) is 4.98 Å². The molecule has 0 fully saturated rings. The first-order valence-electron chi connectivity index (χ1n) is 5.33. The fourth-order valence-electron chi connectivity index (χ4n) is 1.35. The molecule has 0 aliphatic heterocycles. The van der Waals surface area contributed by atoms with E-state index in [0.717, 1.165) is 5.82 Å². The van der Waals surface area contributed by atoms with Crippen LogP contribution in [-0.4, -0.2) is 11.0 Å². The number of hydrogen-bond acceptors (Lipinski definition) is 2. The Morgan fingerprint density at radius 3 is 2.71 bits per heavy atom. The standard InChI is InChI=1S/C12H20N2/c1-5-9(2)11(4)14-12-10(3)7-6-8-13-12/h6-9,11H,5H2,1-4H3,(H,13,14). The van der Waals surface area contributed by atoms with Crippen molar-refractivity contribution in [2.75, 3.05) is 5.32 Å². The number of nitrogens with zero attached hydrogens (tertiary/aromatic N) is 1. The number of anilines is 1. The molecule has 0 saturated carbocycles. The predicted molar refractivity (Wildman–Crippen MR) is 61.5 cm³/mol. The molecule has 0 aliphatic carbocycles. The van der Waals surface area contributed by atoms with E-state index in [1.807, 2.05) is 12.3 Å². The van der Waals surface area contributed by atoms with E-state index in [9.17, 15) is 0 Å². The molecule has 2 atom stereocenters. The van der Waals surface area contributed by atoms with Crippen molar-refractivity contribution < 1.29 is 0 Å². The lowest BCUT2D eigenvalue weighted by Gasteiger charge is -2.21. The zero-order valence-electron chi connectivity index (χ0n) is 9.54. The van der Waals surface area contributed by atoms with Gasteiger partial charge in [0, 0.05) is 12.2 Å². The Morgan fingerprint density at radius 1 is 1.43 bits per heavy atom. The predicted octanol–water partition coefficient (Wildman–Crippen LogP) is 3.24. The highest BCUT2D eigenvalue weighted by atomic mass is 15.0. The fourth-order valence-corrected chi connectivity index (χ4v) is 1.35. The second-order valence-electron chi connectivity index (χ2n) is 3.99. The summed E-state index contributed by atoms with van der Waals surface area (Å²) in [6.45, 7) is 8.77. The Labute approximate surface area is 86.8 Å². The summed E-state index contributed by atoms with van der Waals surface area (Å²) in [5.41, 5.74) is 1.21. The fraction of sp³-hybridized carbons (Fsp3) is 0.583. The number of aromatic nitrogens is 1. The number of rotatable bonds is 4. The molecular formula is C12H20N2. The molecule has 2 unspecified atom stereocenters. The van der Waals surface area contributed by atoms with Gasteiger partial charge in [-0.3, -0.25) is 0 Å². The summed E-state index contributed by atoms with van der Waals surface area (Å²) in [4.78, 5) is 4.32. The molecule has 1 heterocycles. The lowest BCUT2D eigenvalue weighted by atomic mass is 10.0. The molecule has 14 heavy (non-hydrogen) atoms. The van der Waals surface area contributed by atoms with Crippen molar-refractivity contribution in [1.82, 2.24) is 4.98 Å². The second-order valence-corrected chi connectivity index (χ2v) is 3.99. The minimum absolute atomic E-state index is 0.480. The number of pyridine rings is 1. The van der Waals surface area contributed by atoms with Crippen LogP contribution in [0.1, 0.15) is 32.8 Å². The maximum atomic E-state index is 4.32. The third-order valence-corrected chi connectivity index (χ3v) is 2.87. The van der Waals surface area contributed by atoms with Crippen LogP contribution in [-0.2, 0) is 0 Å². The summed E-state index contributed by atoms with van der Waals surface area (Å²) in [5, 5.41) is 3.45. The Kier molecular flexibility index (Phi) is 3.93. The SMILES string of the molecule is CCC(C)C(C)Nc1ncccc1C. The largest absolute Gasteiger partial charge is 0.367 e. The molecule has 0 radical (unpaired) electrons. The number of aryl methyl sites for hydroxylation is 1. The van der Waals surface area contributed by atoms with Crippen molar-refractivity contribution in [3.63, 3.8) is 0 Å². The van der Waals surface area contributed by atoms with E-state index in [4.69, 9.17) is 0 Å². The molecule has 2 heteroatoms. The molecule has 1 aromatic rings. The van der Waals surface area contributed by atoms with Crippen molar-refractivity contribution in [3.05, 3.63) is 23.9 Å². The average Bonchev–Trinajstić information content (AvgIpc) is 2.20. The zero-order chi connectivity index (χ0) is 10.6. The molecular weight excluding hydrogens is 172 g/mol. The van der Waals surface area contributed by atoms with Gasteiger partial charge >= 0.3 is 0 Å². The maximum absolute atomic E-state index is 4.32. The van der Waals surface area contributed by atoms with Gasteiger partial charge in [0.25, 0.3) is 0 Å². The van der Waals surface area contributed by atoms with Crippen LogP contribution in [0.4, 0.5) is 5.82 Å². The summed E-state index contributed by atoms with van der Waals surface area (Å²) in [7, 11) is 0. The minimum Gasteiger partial charge on any atom is -0.367 e. The maximum Gasteiger partial charge on any atom is 0.129 e. The second kappa shape index (κ2) is 4.99. The van der Waals surface area contributed by atoms with Crippen molar-refractivity contribution in [1.29, 1.82) is 0 Å². The molecule has 0 aliphatic rings. The van der Waals surface area contributed by atoms with Crippen LogP contribution in [0.2, 0.25) is 0 Å². The molecule has 0 spiro atoms. The molecule has 0 amide bonds. The van der Waals surface area contributed by atoms with Crippen LogP contribution < -0.4 is 5.32 Å².